The molecule has 3 aromatic rings. The number of carbonyl (C=O) groups is 2. The molecule has 0 radical (unpaired) electrons. The minimum absolute atomic E-state index is 0.293. The van der Waals surface area contributed by atoms with Crippen LogP contribution in [-0.2, 0) is 14.4 Å². The van der Waals surface area contributed by atoms with Gasteiger partial charge >= 0.3 is 0 Å². The van der Waals surface area contributed by atoms with Gasteiger partial charge in [0.25, 0.3) is 5.91 Å². The summed E-state index contributed by atoms with van der Waals surface area (Å²) in [6.07, 6.45) is -1.03. The highest BCUT2D eigenvalue weighted by Gasteiger charge is 2.60. The highest BCUT2D eigenvalue weighted by atomic mass is 35.5. The van der Waals surface area contributed by atoms with Crippen molar-refractivity contribution in [1.82, 2.24) is 0 Å². The largest absolute Gasteiger partial charge is 0.273 e. The Morgan fingerprint density at radius 1 is 0.867 bits per heavy atom. The lowest BCUT2D eigenvalue weighted by molar-refractivity contribution is -0.126. The van der Waals surface area contributed by atoms with E-state index in [1.807, 2.05) is 30.3 Å². The third-order valence-corrected chi connectivity index (χ3v) is 5.73. The van der Waals surface area contributed by atoms with Crippen LogP contribution in [0.25, 0.3) is 0 Å². The number of halogens is 2. The lowest BCUT2D eigenvalue weighted by Crippen LogP contribution is -2.37. The maximum absolute atomic E-state index is 14.0. The molecule has 5 rings (SSSR count). The number of nitrogens with zero attached hydrogens (tertiary/aromatic N) is 2. The summed E-state index contributed by atoms with van der Waals surface area (Å²) < 4.78 is 14.0. The fourth-order valence-corrected chi connectivity index (χ4v) is 4.33. The second-order valence-electron chi connectivity index (χ2n) is 7.18. The van der Waals surface area contributed by atoms with Crippen molar-refractivity contribution >= 4 is 34.8 Å². The number of hydrogen-bond donors (Lipinski definition) is 0. The summed E-state index contributed by atoms with van der Waals surface area (Å²) >= 11 is 6.24. The number of fused-ring (bicyclic) bond motifs is 1. The van der Waals surface area contributed by atoms with Crippen LogP contribution < -0.4 is 9.96 Å². The smallest absolute Gasteiger partial charge is 0.266 e. The van der Waals surface area contributed by atoms with Crippen LogP contribution in [0.1, 0.15) is 11.6 Å². The molecule has 7 heteroatoms. The van der Waals surface area contributed by atoms with Gasteiger partial charge in [-0.25, -0.2) is 14.4 Å². The van der Waals surface area contributed by atoms with E-state index in [0.717, 1.165) is 4.90 Å². The molecule has 30 heavy (non-hydrogen) atoms. The molecule has 0 N–H and O–H groups in total. The summed E-state index contributed by atoms with van der Waals surface area (Å²) in [5.41, 5.74) is 1.54. The van der Waals surface area contributed by atoms with Crippen molar-refractivity contribution in [1.29, 1.82) is 0 Å². The molecule has 150 valence electrons. The van der Waals surface area contributed by atoms with Gasteiger partial charge in [0.15, 0.2) is 6.10 Å². The van der Waals surface area contributed by atoms with Crippen LogP contribution in [0.3, 0.4) is 0 Å². The van der Waals surface area contributed by atoms with Crippen molar-refractivity contribution in [3.63, 3.8) is 0 Å². The Hall–Kier alpha value is -3.22. The molecule has 5 nitrogen and oxygen atoms in total. The van der Waals surface area contributed by atoms with Crippen molar-refractivity contribution in [2.24, 2.45) is 5.92 Å². The van der Waals surface area contributed by atoms with Gasteiger partial charge in [-0.15, -0.1) is 0 Å². The van der Waals surface area contributed by atoms with Gasteiger partial charge in [0.05, 0.1) is 22.4 Å². The molecule has 0 spiro atoms. The third kappa shape index (κ3) is 2.88. The number of benzene rings is 3. The first-order chi connectivity index (χ1) is 14.6. The number of hydrogen-bond acceptors (Lipinski definition) is 4. The Morgan fingerprint density at radius 2 is 1.60 bits per heavy atom. The van der Waals surface area contributed by atoms with Crippen LogP contribution >= 0.6 is 11.6 Å². The molecule has 2 amide bonds. The molecular formula is C23H16ClFN2O3. The average Bonchev–Trinajstić information content (AvgIpc) is 3.26. The zero-order valence-electron chi connectivity index (χ0n) is 15.6. The Bertz CT molecular complexity index is 1140. The second-order valence-corrected chi connectivity index (χ2v) is 7.58. The quantitative estimate of drug-likeness (QED) is 0.582. The van der Waals surface area contributed by atoms with Crippen LogP contribution in [0.5, 0.6) is 0 Å². The maximum Gasteiger partial charge on any atom is 0.266 e. The number of rotatable bonds is 3. The molecular weight excluding hydrogens is 407 g/mol. The minimum Gasteiger partial charge on any atom is -0.273 e. The Balaban J connectivity index is 1.61. The SMILES string of the molecule is O=C1[C@H]2[C@@H](c3cccc(F)c3)N(c3ccccc3)O[C@H]2C(=O)N1c1ccccc1Cl. The molecule has 3 atom stereocenters. The van der Waals surface area contributed by atoms with Crippen molar-refractivity contribution in [3.05, 3.63) is 95.3 Å². The molecule has 2 saturated heterocycles. The number of carbonyl (C=O) groups excluding carboxylic acids is 2. The van der Waals surface area contributed by atoms with Crippen molar-refractivity contribution in [2.45, 2.75) is 12.1 Å². The summed E-state index contributed by atoms with van der Waals surface area (Å²) in [7, 11) is 0. The van der Waals surface area contributed by atoms with Crippen LogP contribution in [0.15, 0.2) is 78.9 Å². The van der Waals surface area contributed by atoms with Crippen LogP contribution in [-0.4, -0.2) is 17.9 Å². The number of para-hydroxylation sites is 2. The van der Waals surface area contributed by atoms with Gasteiger partial charge in [0.2, 0.25) is 5.91 Å². The van der Waals surface area contributed by atoms with Gasteiger partial charge in [0, 0.05) is 0 Å². The first kappa shape index (κ1) is 18.8. The van der Waals surface area contributed by atoms with Gasteiger partial charge in [-0.1, -0.05) is 54.1 Å². The molecule has 2 aliphatic heterocycles. The summed E-state index contributed by atoms with van der Waals surface area (Å²) in [6.45, 7) is 0. The van der Waals surface area contributed by atoms with Gasteiger partial charge in [0.1, 0.15) is 11.7 Å². The van der Waals surface area contributed by atoms with E-state index in [0.29, 0.717) is 22.0 Å². The lowest BCUT2D eigenvalue weighted by Gasteiger charge is -2.29. The number of hydroxylamine groups is 1. The van der Waals surface area contributed by atoms with Crippen LogP contribution in [0.4, 0.5) is 15.8 Å². The Labute approximate surface area is 177 Å². The summed E-state index contributed by atoms with van der Waals surface area (Å²) in [4.78, 5) is 33.7. The van der Waals surface area contributed by atoms with Crippen molar-refractivity contribution in [2.75, 3.05) is 9.96 Å². The topological polar surface area (TPSA) is 49.9 Å². The van der Waals surface area contributed by atoms with E-state index in [1.54, 1.807) is 36.4 Å². The molecule has 2 aliphatic rings. The summed E-state index contributed by atoms with van der Waals surface area (Å²) in [5.74, 6) is -2.18. The summed E-state index contributed by atoms with van der Waals surface area (Å²) in [6, 6.07) is 21.1. The zero-order chi connectivity index (χ0) is 20.8. The normalized spacial score (nSPS) is 23.2. The molecule has 2 fully saturated rings. The standard InChI is InChI=1S/C23H16ClFN2O3/c24-17-11-4-5-12-18(17)26-22(28)19-20(14-7-6-8-15(25)13-14)27(30-21(19)23(26)29)16-9-2-1-3-10-16/h1-13,19-21H/t19-,20+,21+/m0/s1. The first-order valence-corrected chi connectivity index (χ1v) is 9.83. The molecule has 0 aliphatic carbocycles. The maximum atomic E-state index is 14.0. The first-order valence-electron chi connectivity index (χ1n) is 9.45. The van der Waals surface area contributed by atoms with Crippen LogP contribution in [0.2, 0.25) is 5.02 Å². The Morgan fingerprint density at radius 3 is 2.33 bits per heavy atom. The highest BCUT2D eigenvalue weighted by Crippen LogP contribution is 2.48. The third-order valence-electron chi connectivity index (χ3n) is 5.41. The molecule has 3 aromatic carbocycles. The van der Waals surface area contributed by atoms with Crippen molar-refractivity contribution < 1.29 is 18.8 Å². The highest BCUT2D eigenvalue weighted by molar-refractivity contribution is 6.36. The second kappa shape index (κ2) is 7.23. The van der Waals surface area contributed by atoms with Crippen LogP contribution in [0, 0.1) is 11.7 Å². The van der Waals surface area contributed by atoms with E-state index < -0.39 is 35.7 Å². The molecule has 2 heterocycles. The van der Waals surface area contributed by atoms with E-state index >= 15 is 0 Å². The predicted molar refractivity (Wildman–Crippen MR) is 110 cm³/mol. The van der Waals surface area contributed by atoms with E-state index in [9.17, 15) is 14.0 Å². The molecule has 0 aromatic heterocycles. The van der Waals surface area contributed by atoms with E-state index in [4.69, 9.17) is 16.4 Å². The minimum atomic E-state index is -1.03. The van der Waals surface area contributed by atoms with Gasteiger partial charge in [-0.2, -0.15) is 0 Å². The fraction of sp³-hybridized carbons (Fsp3) is 0.130. The lowest BCUT2D eigenvalue weighted by atomic mass is 9.90. The number of imide groups is 1. The number of amides is 2. The number of anilines is 2. The van der Waals surface area contributed by atoms with Gasteiger partial charge in [-0.05, 0) is 42.0 Å². The van der Waals surface area contributed by atoms with Gasteiger partial charge < -0.3 is 0 Å². The average molecular weight is 423 g/mol. The van der Waals surface area contributed by atoms with Gasteiger partial charge in [-0.3, -0.25) is 14.4 Å². The molecule has 0 unspecified atom stereocenters. The summed E-state index contributed by atoms with van der Waals surface area (Å²) in [5, 5.41) is 1.82. The van der Waals surface area contributed by atoms with Crippen molar-refractivity contribution in [3.8, 4) is 0 Å². The van der Waals surface area contributed by atoms with E-state index in [1.165, 1.54) is 17.2 Å². The molecule has 0 bridgehead atoms. The predicted octanol–water partition coefficient (Wildman–Crippen LogP) is 4.53. The fourth-order valence-electron chi connectivity index (χ4n) is 4.11. The zero-order valence-corrected chi connectivity index (χ0v) is 16.4. The monoisotopic (exact) mass is 422 g/mol. The molecule has 0 saturated carbocycles. The van der Waals surface area contributed by atoms with E-state index in [-0.39, 0.29) is 0 Å². The Kier molecular flexibility index (Phi) is 4.53. The van der Waals surface area contributed by atoms with E-state index in [2.05, 4.69) is 0 Å².